The number of carbonyl (C=O) groups is 1. The average Bonchev–Trinajstić information content (AvgIpc) is 2.76. The lowest BCUT2D eigenvalue weighted by atomic mass is 10.2. The van der Waals surface area contributed by atoms with Crippen LogP contribution in [0.5, 0.6) is 0 Å². The Morgan fingerprint density at radius 2 is 2.12 bits per heavy atom. The number of rotatable bonds is 2. The van der Waals surface area contributed by atoms with E-state index in [1.807, 2.05) is 0 Å². The van der Waals surface area contributed by atoms with Crippen molar-refractivity contribution in [3.63, 3.8) is 0 Å². The Morgan fingerprint density at radius 3 is 2.71 bits per heavy atom. The number of H-pyrrole nitrogens is 1. The highest BCUT2D eigenvalue weighted by Crippen LogP contribution is 2.26. The van der Waals surface area contributed by atoms with Crippen molar-refractivity contribution in [2.24, 2.45) is 5.73 Å². The molecule has 0 atom stereocenters. The number of amides is 2. The molecule has 2 amide bonds. The molecule has 0 saturated carbocycles. The van der Waals surface area contributed by atoms with Gasteiger partial charge in [-0.25, -0.2) is 18.5 Å². The minimum absolute atomic E-state index is 0.155. The number of benzene rings is 1. The summed E-state index contributed by atoms with van der Waals surface area (Å²) in [7, 11) is 0. The Bertz CT molecular complexity index is 541. The highest BCUT2D eigenvalue weighted by atomic mass is 19.1. The topological polar surface area (TPSA) is 75.0 Å². The molecule has 2 aromatic rings. The van der Waals surface area contributed by atoms with E-state index in [0.717, 1.165) is 23.1 Å². The summed E-state index contributed by atoms with van der Waals surface area (Å²) in [5.74, 6) is -1.28. The highest BCUT2D eigenvalue weighted by molar-refractivity contribution is 5.97. The molecule has 7 heteroatoms. The number of nitrogens with zero attached hydrogens (tertiary/aromatic N) is 2. The predicted octanol–water partition coefficient (Wildman–Crippen LogP) is 1.90. The first-order valence-corrected chi connectivity index (χ1v) is 4.63. The van der Waals surface area contributed by atoms with Crippen LogP contribution in [-0.2, 0) is 0 Å². The van der Waals surface area contributed by atoms with Gasteiger partial charge in [-0.05, 0) is 12.1 Å². The average molecular weight is 238 g/mol. The number of nitrogens with two attached hydrogens (primary N) is 1. The summed E-state index contributed by atoms with van der Waals surface area (Å²) in [5.41, 5.74) is 4.85. The van der Waals surface area contributed by atoms with Crippen LogP contribution >= 0.6 is 0 Å². The van der Waals surface area contributed by atoms with E-state index >= 15 is 0 Å². The second kappa shape index (κ2) is 4.20. The van der Waals surface area contributed by atoms with Crippen LogP contribution in [0, 0.1) is 11.6 Å². The molecular weight excluding hydrogens is 230 g/mol. The molecule has 0 saturated heterocycles. The zero-order valence-electron chi connectivity index (χ0n) is 8.52. The summed E-state index contributed by atoms with van der Waals surface area (Å²) in [6, 6.07) is 3.21. The Labute approximate surface area is 94.8 Å². The Hall–Kier alpha value is -2.44. The number of urea groups is 1. The van der Waals surface area contributed by atoms with Crippen molar-refractivity contribution in [1.29, 1.82) is 0 Å². The van der Waals surface area contributed by atoms with Gasteiger partial charge >= 0.3 is 6.03 Å². The molecule has 1 heterocycles. The Balaban J connectivity index is 2.54. The quantitative estimate of drug-likeness (QED) is 0.838. The molecule has 1 aromatic heterocycles. The fourth-order valence-electron chi connectivity index (χ4n) is 1.40. The Kier molecular flexibility index (Phi) is 2.73. The second-order valence-electron chi connectivity index (χ2n) is 3.21. The number of nitrogens with one attached hydrogen (secondary N) is 1. The minimum Gasteiger partial charge on any atom is -0.351 e. The van der Waals surface area contributed by atoms with Gasteiger partial charge in [-0.1, -0.05) is 0 Å². The number of aromatic amines is 1. The normalized spacial score (nSPS) is 10.2. The van der Waals surface area contributed by atoms with Gasteiger partial charge in [0.2, 0.25) is 0 Å². The molecule has 1 aromatic carbocycles. The van der Waals surface area contributed by atoms with E-state index < -0.39 is 17.7 Å². The largest absolute Gasteiger partial charge is 0.351 e. The number of halogens is 2. The van der Waals surface area contributed by atoms with Gasteiger partial charge < -0.3 is 5.73 Å². The van der Waals surface area contributed by atoms with Crippen molar-refractivity contribution < 1.29 is 13.6 Å². The van der Waals surface area contributed by atoms with Gasteiger partial charge in [0.15, 0.2) is 0 Å². The third kappa shape index (κ3) is 2.07. The van der Waals surface area contributed by atoms with E-state index in [4.69, 9.17) is 5.73 Å². The van der Waals surface area contributed by atoms with Crippen molar-refractivity contribution in [2.75, 3.05) is 4.90 Å². The third-order valence-electron chi connectivity index (χ3n) is 2.10. The van der Waals surface area contributed by atoms with Gasteiger partial charge in [-0.3, -0.25) is 5.10 Å². The summed E-state index contributed by atoms with van der Waals surface area (Å²) in [6.07, 6.45) is 1.36. The van der Waals surface area contributed by atoms with E-state index in [-0.39, 0.29) is 11.5 Å². The maximum atomic E-state index is 13.5. The van der Waals surface area contributed by atoms with Crippen LogP contribution < -0.4 is 10.6 Å². The molecule has 0 aliphatic heterocycles. The van der Waals surface area contributed by atoms with E-state index in [9.17, 15) is 13.6 Å². The lowest BCUT2D eigenvalue weighted by Gasteiger charge is -2.18. The molecule has 0 aliphatic carbocycles. The van der Waals surface area contributed by atoms with Crippen molar-refractivity contribution in [1.82, 2.24) is 10.2 Å². The number of hydrogen-bond acceptors (Lipinski definition) is 2. The zero-order chi connectivity index (χ0) is 12.4. The SMILES string of the molecule is NC(=O)N(c1ccn[nH]1)c1cc(F)ccc1F. The minimum atomic E-state index is -0.946. The van der Waals surface area contributed by atoms with Crippen LogP contribution in [0.2, 0.25) is 0 Å². The van der Waals surface area contributed by atoms with Gasteiger partial charge in [0, 0.05) is 12.1 Å². The van der Waals surface area contributed by atoms with E-state index in [2.05, 4.69) is 10.2 Å². The highest BCUT2D eigenvalue weighted by Gasteiger charge is 2.20. The predicted molar refractivity (Wildman–Crippen MR) is 56.7 cm³/mol. The first-order chi connectivity index (χ1) is 8.09. The van der Waals surface area contributed by atoms with Crippen molar-refractivity contribution >= 4 is 17.5 Å². The standard InChI is InChI=1S/C10H8F2N4O/c11-6-1-2-7(12)8(5-6)16(10(13)17)9-3-4-14-15-9/h1-5H,(H2,13,17)(H,14,15). The smallest absolute Gasteiger partial charge is 0.325 e. The van der Waals surface area contributed by atoms with Gasteiger partial charge in [0.1, 0.15) is 17.5 Å². The van der Waals surface area contributed by atoms with Gasteiger partial charge in [0.25, 0.3) is 0 Å². The van der Waals surface area contributed by atoms with Crippen LogP contribution in [0.3, 0.4) is 0 Å². The summed E-state index contributed by atoms with van der Waals surface area (Å²) < 4.78 is 26.6. The van der Waals surface area contributed by atoms with Gasteiger partial charge in [-0.15, -0.1) is 0 Å². The van der Waals surface area contributed by atoms with Crippen LogP contribution in [0.4, 0.5) is 25.1 Å². The first kappa shape index (κ1) is 11.1. The zero-order valence-corrected chi connectivity index (χ0v) is 8.52. The van der Waals surface area contributed by atoms with Crippen LogP contribution in [-0.4, -0.2) is 16.2 Å². The maximum Gasteiger partial charge on any atom is 0.325 e. The van der Waals surface area contributed by atoms with E-state index in [0.29, 0.717) is 0 Å². The molecule has 0 radical (unpaired) electrons. The molecule has 88 valence electrons. The number of anilines is 2. The van der Waals surface area contributed by atoms with Crippen molar-refractivity contribution in [2.45, 2.75) is 0 Å². The number of primary amides is 1. The number of hydrogen-bond donors (Lipinski definition) is 2. The third-order valence-corrected chi connectivity index (χ3v) is 2.10. The molecule has 0 fully saturated rings. The lowest BCUT2D eigenvalue weighted by molar-refractivity contribution is 0.255. The van der Waals surface area contributed by atoms with Gasteiger partial charge in [0.05, 0.1) is 11.9 Å². The molecule has 17 heavy (non-hydrogen) atoms. The second-order valence-corrected chi connectivity index (χ2v) is 3.21. The summed E-state index contributed by atoms with van der Waals surface area (Å²) in [6.45, 7) is 0. The summed E-state index contributed by atoms with van der Waals surface area (Å²) in [5, 5.41) is 6.06. The fraction of sp³-hybridized carbons (Fsp3) is 0. The summed E-state index contributed by atoms with van der Waals surface area (Å²) in [4.78, 5) is 12.1. The first-order valence-electron chi connectivity index (χ1n) is 4.63. The van der Waals surface area contributed by atoms with Crippen LogP contribution in [0.1, 0.15) is 0 Å². The summed E-state index contributed by atoms with van der Waals surface area (Å²) >= 11 is 0. The molecular formula is C10H8F2N4O. The van der Waals surface area contributed by atoms with Crippen LogP contribution in [0.25, 0.3) is 0 Å². The molecule has 3 N–H and O–H groups in total. The fourth-order valence-corrected chi connectivity index (χ4v) is 1.40. The van der Waals surface area contributed by atoms with E-state index in [1.165, 1.54) is 12.3 Å². The Morgan fingerprint density at radius 1 is 1.35 bits per heavy atom. The monoisotopic (exact) mass is 238 g/mol. The molecule has 0 aliphatic rings. The lowest BCUT2D eigenvalue weighted by Crippen LogP contribution is -2.32. The molecule has 0 unspecified atom stereocenters. The van der Waals surface area contributed by atoms with E-state index in [1.54, 1.807) is 0 Å². The number of aromatic nitrogens is 2. The number of carbonyl (C=O) groups excluding carboxylic acids is 1. The molecule has 0 bridgehead atoms. The van der Waals surface area contributed by atoms with Crippen molar-refractivity contribution in [3.05, 3.63) is 42.1 Å². The van der Waals surface area contributed by atoms with Crippen molar-refractivity contribution in [3.8, 4) is 0 Å². The maximum absolute atomic E-state index is 13.5. The molecule has 5 nitrogen and oxygen atoms in total. The van der Waals surface area contributed by atoms with Gasteiger partial charge in [-0.2, -0.15) is 5.10 Å². The molecule has 2 rings (SSSR count). The van der Waals surface area contributed by atoms with Crippen LogP contribution in [0.15, 0.2) is 30.5 Å². The molecule has 0 spiro atoms.